The molecule has 0 aromatic carbocycles. The minimum Gasteiger partial charge on any atom is -0.481 e. The highest BCUT2D eigenvalue weighted by Gasteiger charge is 2.30. The molecule has 1 atom stereocenters. The molecule has 1 fully saturated rings. The minimum absolute atomic E-state index is 0.362. The molecule has 4 rings (SSSR count). The quantitative estimate of drug-likeness (QED) is 0.716. The number of fused-ring (bicyclic) bond motifs is 3. The number of rotatable bonds is 2. The molecular weight excluding hydrogens is 272 g/mol. The number of nitrogens with one attached hydrogen (secondary N) is 1. The van der Waals surface area contributed by atoms with Crippen LogP contribution in [0.5, 0.6) is 0 Å². The second kappa shape index (κ2) is 4.37. The molecule has 0 bridgehead atoms. The molecular formula is C13H12N6O2. The van der Waals surface area contributed by atoms with Crippen molar-refractivity contribution in [2.45, 2.75) is 6.42 Å². The maximum Gasteiger partial charge on any atom is 0.308 e. The average Bonchev–Trinajstić information content (AvgIpc) is 3.15. The summed E-state index contributed by atoms with van der Waals surface area (Å²) >= 11 is 0. The Morgan fingerprint density at radius 1 is 1.38 bits per heavy atom. The van der Waals surface area contributed by atoms with E-state index in [1.807, 2.05) is 11.0 Å². The first kappa shape index (κ1) is 12.0. The van der Waals surface area contributed by atoms with Gasteiger partial charge >= 0.3 is 5.97 Å². The van der Waals surface area contributed by atoms with Crippen molar-refractivity contribution in [3.8, 4) is 0 Å². The van der Waals surface area contributed by atoms with Gasteiger partial charge in [-0.2, -0.15) is 5.10 Å². The molecule has 4 heterocycles. The van der Waals surface area contributed by atoms with E-state index < -0.39 is 5.97 Å². The Kier molecular flexibility index (Phi) is 2.50. The maximum atomic E-state index is 11.1. The van der Waals surface area contributed by atoms with E-state index in [0.717, 1.165) is 10.8 Å². The van der Waals surface area contributed by atoms with Crippen molar-refractivity contribution in [3.63, 3.8) is 0 Å². The van der Waals surface area contributed by atoms with E-state index in [1.54, 1.807) is 12.4 Å². The van der Waals surface area contributed by atoms with Crippen LogP contribution in [-0.2, 0) is 4.79 Å². The second-order valence-electron chi connectivity index (χ2n) is 5.14. The van der Waals surface area contributed by atoms with Crippen molar-refractivity contribution in [1.29, 1.82) is 0 Å². The molecule has 1 aliphatic heterocycles. The van der Waals surface area contributed by atoms with Crippen LogP contribution in [0.25, 0.3) is 21.9 Å². The summed E-state index contributed by atoms with van der Waals surface area (Å²) in [5, 5.41) is 27.3. The van der Waals surface area contributed by atoms with Crippen LogP contribution in [0, 0.1) is 5.92 Å². The number of carboxylic acid groups (broad SMARTS) is 1. The maximum absolute atomic E-state index is 11.1. The molecule has 0 saturated carbocycles. The van der Waals surface area contributed by atoms with Crippen molar-refractivity contribution in [1.82, 2.24) is 25.4 Å². The van der Waals surface area contributed by atoms with Gasteiger partial charge in [0.15, 0.2) is 11.5 Å². The van der Waals surface area contributed by atoms with E-state index in [2.05, 4.69) is 25.4 Å². The number of H-pyrrole nitrogens is 1. The van der Waals surface area contributed by atoms with Gasteiger partial charge < -0.3 is 15.0 Å². The Bertz CT molecular complexity index is 845. The number of carbonyl (C=O) groups is 1. The third-order valence-corrected chi connectivity index (χ3v) is 3.90. The first-order valence-electron chi connectivity index (χ1n) is 6.67. The first-order chi connectivity index (χ1) is 10.2. The van der Waals surface area contributed by atoms with Gasteiger partial charge in [-0.25, -0.2) is 0 Å². The molecule has 1 unspecified atom stereocenters. The molecule has 2 N–H and O–H groups in total. The summed E-state index contributed by atoms with van der Waals surface area (Å²) in [5.74, 6) is -0.452. The number of aromatic amines is 1. The minimum atomic E-state index is -0.766. The zero-order chi connectivity index (χ0) is 14.4. The lowest BCUT2D eigenvalue weighted by atomic mass is 10.1. The molecule has 0 aliphatic carbocycles. The Labute approximate surface area is 118 Å². The molecule has 3 aromatic heterocycles. The van der Waals surface area contributed by atoms with Gasteiger partial charge in [0.05, 0.1) is 17.5 Å². The summed E-state index contributed by atoms with van der Waals surface area (Å²) in [4.78, 5) is 16.1. The monoisotopic (exact) mass is 284 g/mol. The van der Waals surface area contributed by atoms with Crippen LogP contribution in [-0.4, -0.2) is 49.5 Å². The van der Waals surface area contributed by atoms with Gasteiger partial charge in [0.2, 0.25) is 0 Å². The third-order valence-electron chi connectivity index (χ3n) is 3.90. The number of nitrogens with zero attached hydrogens (tertiary/aromatic N) is 5. The molecule has 0 radical (unpaired) electrons. The van der Waals surface area contributed by atoms with E-state index in [0.29, 0.717) is 36.5 Å². The number of carboxylic acids is 1. The third kappa shape index (κ3) is 1.79. The van der Waals surface area contributed by atoms with Crippen molar-refractivity contribution >= 4 is 33.7 Å². The Balaban J connectivity index is 1.89. The van der Waals surface area contributed by atoms with Crippen molar-refractivity contribution in [2.75, 3.05) is 18.0 Å². The number of anilines is 1. The van der Waals surface area contributed by atoms with Gasteiger partial charge in [-0.1, -0.05) is 0 Å². The highest BCUT2D eigenvalue weighted by Crippen LogP contribution is 2.31. The second-order valence-corrected chi connectivity index (χ2v) is 5.14. The van der Waals surface area contributed by atoms with E-state index in [4.69, 9.17) is 5.11 Å². The van der Waals surface area contributed by atoms with E-state index in [9.17, 15) is 4.79 Å². The number of hydrogen-bond acceptors (Lipinski definition) is 6. The summed E-state index contributed by atoms with van der Waals surface area (Å²) in [6, 6.07) is 1.92. The zero-order valence-corrected chi connectivity index (χ0v) is 11.0. The Morgan fingerprint density at radius 3 is 3.10 bits per heavy atom. The first-order valence-corrected chi connectivity index (χ1v) is 6.67. The lowest BCUT2D eigenvalue weighted by Gasteiger charge is -2.17. The summed E-state index contributed by atoms with van der Waals surface area (Å²) in [6.07, 6.45) is 3.98. The van der Waals surface area contributed by atoms with E-state index in [-0.39, 0.29) is 5.92 Å². The standard InChI is InChI=1S/C13H12N6O2/c20-13(21)7-2-4-19(6-7)12-10-8-1-3-14-11(8)17-16-9(10)5-15-18-12/h1,3,5,7H,2,4,6H2,(H,14,17)(H,20,21). The lowest BCUT2D eigenvalue weighted by Crippen LogP contribution is -2.24. The van der Waals surface area contributed by atoms with Crippen LogP contribution < -0.4 is 4.90 Å². The Morgan fingerprint density at radius 2 is 2.29 bits per heavy atom. The number of hydrogen-bond donors (Lipinski definition) is 2. The highest BCUT2D eigenvalue weighted by molar-refractivity contribution is 6.08. The highest BCUT2D eigenvalue weighted by atomic mass is 16.4. The van der Waals surface area contributed by atoms with Gasteiger partial charge in [-0.15, -0.1) is 15.3 Å². The molecule has 0 amide bonds. The predicted molar refractivity (Wildman–Crippen MR) is 74.9 cm³/mol. The fraction of sp³-hybridized carbons (Fsp3) is 0.308. The lowest BCUT2D eigenvalue weighted by molar-refractivity contribution is -0.140. The van der Waals surface area contributed by atoms with Gasteiger partial charge in [0, 0.05) is 24.7 Å². The van der Waals surface area contributed by atoms with Gasteiger partial charge in [-0.3, -0.25) is 4.79 Å². The summed E-state index contributed by atoms with van der Waals surface area (Å²) in [6.45, 7) is 1.09. The normalized spacial score (nSPS) is 18.7. The van der Waals surface area contributed by atoms with Crippen LogP contribution in [0.1, 0.15) is 6.42 Å². The van der Waals surface area contributed by atoms with E-state index in [1.165, 1.54) is 0 Å². The number of aliphatic carboxylic acids is 1. The van der Waals surface area contributed by atoms with Crippen LogP contribution >= 0.6 is 0 Å². The largest absolute Gasteiger partial charge is 0.481 e. The fourth-order valence-electron chi connectivity index (χ4n) is 2.83. The zero-order valence-electron chi connectivity index (χ0n) is 11.0. The average molecular weight is 284 g/mol. The smallest absolute Gasteiger partial charge is 0.308 e. The summed E-state index contributed by atoms with van der Waals surface area (Å²) < 4.78 is 0. The van der Waals surface area contributed by atoms with Crippen LogP contribution in [0.3, 0.4) is 0 Å². The SMILES string of the molecule is O=C(O)C1CCN(c2nncc3nnc4[nH]ccc4c23)C1. The number of aromatic nitrogens is 5. The van der Waals surface area contributed by atoms with Gasteiger partial charge in [0.25, 0.3) is 0 Å². The van der Waals surface area contributed by atoms with Crippen molar-refractivity contribution < 1.29 is 9.90 Å². The van der Waals surface area contributed by atoms with Crippen LogP contribution in [0.4, 0.5) is 5.82 Å². The molecule has 106 valence electrons. The predicted octanol–water partition coefficient (Wildman–Crippen LogP) is 0.812. The van der Waals surface area contributed by atoms with Gasteiger partial charge in [0.1, 0.15) is 5.52 Å². The summed E-state index contributed by atoms with van der Waals surface area (Å²) in [5.41, 5.74) is 1.34. The topological polar surface area (TPSA) is 108 Å². The molecule has 3 aromatic rings. The summed E-state index contributed by atoms with van der Waals surface area (Å²) in [7, 11) is 0. The van der Waals surface area contributed by atoms with E-state index >= 15 is 0 Å². The van der Waals surface area contributed by atoms with Crippen molar-refractivity contribution in [3.05, 3.63) is 18.5 Å². The molecule has 8 heteroatoms. The van der Waals surface area contributed by atoms with Crippen LogP contribution in [0.15, 0.2) is 18.5 Å². The Hall–Kier alpha value is -2.77. The van der Waals surface area contributed by atoms with Crippen LogP contribution in [0.2, 0.25) is 0 Å². The van der Waals surface area contributed by atoms with Gasteiger partial charge in [-0.05, 0) is 12.5 Å². The molecule has 21 heavy (non-hydrogen) atoms. The van der Waals surface area contributed by atoms with Crippen molar-refractivity contribution in [2.24, 2.45) is 5.92 Å². The molecule has 8 nitrogen and oxygen atoms in total. The molecule has 0 spiro atoms. The molecule has 1 saturated heterocycles. The fourth-order valence-corrected chi connectivity index (χ4v) is 2.83. The molecule has 1 aliphatic rings.